The Balaban J connectivity index is 1.14. The number of hydrogen-bond acceptors (Lipinski definition) is 6. The molecule has 0 saturated carbocycles. The number of benzene rings is 4. The molecule has 202 valence electrons. The quantitative estimate of drug-likeness (QED) is 0.131. The van der Waals surface area contributed by atoms with Crippen LogP contribution in [0.4, 0.5) is 5.69 Å². The minimum atomic E-state index is -0.440. The third-order valence-corrected chi connectivity index (χ3v) is 6.92. The molecule has 4 aromatic carbocycles. The summed E-state index contributed by atoms with van der Waals surface area (Å²) >= 11 is 0. The maximum atomic E-state index is 12.5. The van der Waals surface area contributed by atoms with Gasteiger partial charge in [-0.15, -0.1) is 0 Å². The van der Waals surface area contributed by atoms with E-state index in [1.807, 2.05) is 61.5 Å². The average molecular weight is 543 g/mol. The molecule has 0 atom stereocenters. The van der Waals surface area contributed by atoms with E-state index in [-0.39, 0.29) is 24.8 Å². The summed E-state index contributed by atoms with van der Waals surface area (Å²) in [6.07, 6.45) is 0.383. The van der Waals surface area contributed by atoms with Gasteiger partial charge in [-0.1, -0.05) is 54.1 Å². The van der Waals surface area contributed by atoms with Crippen LogP contribution in [0, 0.1) is 6.92 Å². The first-order chi connectivity index (χ1) is 20.0. The molecule has 7 nitrogen and oxygen atoms in total. The van der Waals surface area contributed by atoms with Gasteiger partial charge in [-0.25, -0.2) is 4.99 Å². The van der Waals surface area contributed by atoms with E-state index in [9.17, 15) is 14.4 Å². The lowest BCUT2D eigenvalue weighted by Crippen LogP contribution is -2.31. The SMILES string of the molecule is Cc1ccc2oc(-c3ccccc3)cc(=Nc3ccc(OC(=O)CCCN4C(=O)c5ccccc5C4=O)cc3)c2c1. The van der Waals surface area contributed by atoms with Crippen LogP contribution in [-0.2, 0) is 4.79 Å². The normalized spacial score (nSPS) is 13.1. The molecule has 0 spiro atoms. The van der Waals surface area contributed by atoms with Crippen molar-refractivity contribution in [1.82, 2.24) is 4.90 Å². The topological polar surface area (TPSA) is 89.2 Å². The van der Waals surface area contributed by atoms with Crippen LogP contribution in [0.3, 0.4) is 0 Å². The molecule has 6 rings (SSSR count). The number of nitrogens with zero attached hydrogens (tertiary/aromatic N) is 2. The summed E-state index contributed by atoms with van der Waals surface area (Å²) in [5.41, 5.74) is 4.29. The molecule has 0 N–H and O–H groups in total. The summed E-state index contributed by atoms with van der Waals surface area (Å²) in [7, 11) is 0. The van der Waals surface area contributed by atoms with Crippen LogP contribution in [-0.4, -0.2) is 29.2 Å². The van der Waals surface area contributed by atoms with Gasteiger partial charge < -0.3 is 9.15 Å². The monoisotopic (exact) mass is 542 g/mol. The largest absolute Gasteiger partial charge is 0.456 e. The Morgan fingerprint density at radius 2 is 1.51 bits per heavy atom. The number of carbonyl (C=O) groups is 3. The molecule has 0 fully saturated rings. The highest BCUT2D eigenvalue weighted by Gasteiger charge is 2.34. The smallest absolute Gasteiger partial charge is 0.311 e. The van der Waals surface area contributed by atoms with Crippen molar-refractivity contribution in [3.63, 3.8) is 0 Å². The van der Waals surface area contributed by atoms with E-state index < -0.39 is 5.97 Å². The minimum Gasteiger partial charge on any atom is -0.456 e. The first kappa shape index (κ1) is 26.0. The number of rotatable bonds is 7. The number of ether oxygens (including phenoxy) is 1. The number of hydrogen-bond donors (Lipinski definition) is 0. The molecule has 0 saturated heterocycles. The average Bonchev–Trinajstić information content (AvgIpc) is 3.23. The molecule has 0 radical (unpaired) electrons. The summed E-state index contributed by atoms with van der Waals surface area (Å²) in [5, 5.41) is 1.67. The lowest BCUT2D eigenvalue weighted by molar-refractivity contribution is -0.134. The number of esters is 1. The Kier molecular flexibility index (Phi) is 7.00. The van der Waals surface area contributed by atoms with Crippen LogP contribution in [0.1, 0.15) is 39.1 Å². The highest BCUT2D eigenvalue weighted by molar-refractivity contribution is 6.21. The zero-order chi connectivity index (χ0) is 28.3. The number of fused-ring (bicyclic) bond motifs is 2. The number of amides is 2. The van der Waals surface area contributed by atoms with E-state index in [0.717, 1.165) is 27.5 Å². The van der Waals surface area contributed by atoms with Crippen LogP contribution in [0.2, 0.25) is 0 Å². The zero-order valence-electron chi connectivity index (χ0n) is 22.4. The van der Waals surface area contributed by atoms with Crippen molar-refractivity contribution in [3.8, 4) is 17.1 Å². The van der Waals surface area contributed by atoms with Gasteiger partial charge >= 0.3 is 5.97 Å². The van der Waals surface area contributed by atoms with Crippen LogP contribution in [0.15, 0.2) is 113 Å². The van der Waals surface area contributed by atoms with Crippen molar-refractivity contribution < 1.29 is 23.5 Å². The lowest BCUT2D eigenvalue weighted by atomic mass is 10.1. The maximum absolute atomic E-state index is 12.5. The van der Waals surface area contributed by atoms with Gasteiger partial charge in [0.05, 0.1) is 22.2 Å². The van der Waals surface area contributed by atoms with E-state index >= 15 is 0 Å². The van der Waals surface area contributed by atoms with Crippen molar-refractivity contribution >= 4 is 34.4 Å². The summed E-state index contributed by atoms with van der Waals surface area (Å²) in [6, 6.07) is 31.5. The van der Waals surface area contributed by atoms with Gasteiger partial charge in [-0.3, -0.25) is 19.3 Å². The second kappa shape index (κ2) is 11.1. The van der Waals surface area contributed by atoms with Gasteiger partial charge in [0, 0.05) is 30.0 Å². The van der Waals surface area contributed by atoms with Gasteiger partial charge in [0.2, 0.25) is 0 Å². The van der Waals surface area contributed by atoms with Crippen molar-refractivity contribution in [2.24, 2.45) is 4.99 Å². The van der Waals surface area contributed by atoms with Crippen LogP contribution >= 0.6 is 0 Å². The van der Waals surface area contributed by atoms with E-state index in [0.29, 0.717) is 34.7 Å². The molecule has 0 aliphatic carbocycles. The second-order valence-corrected chi connectivity index (χ2v) is 9.85. The van der Waals surface area contributed by atoms with E-state index in [1.165, 1.54) is 4.90 Å². The first-order valence-electron chi connectivity index (χ1n) is 13.4. The third kappa shape index (κ3) is 5.43. The van der Waals surface area contributed by atoms with Gasteiger partial charge in [-0.05, 0) is 61.9 Å². The molecule has 1 aromatic heterocycles. The van der Waals surface area contributed by atoms with Crippen molar-refractivity contribution in [2.45, 2.75) is 19.8 Å². The van der Waals surface area contributed by atoms with E-state index in [1.54, 1.807) is 48.5 Å². The minimum absolute atomic E-state index is 0.0701. The number of carbonyl (C=O) groups excluding carboxylic acids is 3. The highest BCUT2D eigenvalue weighted by Crippen LogP contribution is 2.25. The second-order valence-electron chi connectivity index (χ2n) is 9.85. The van der Waals surface area contributed by atoms with Crippen molar-refractivity contribution in [2.75, 3.05) is 6.54 Å². The zero-order valence-corrected chi connectivity index (χ0v) is 22.4. The Morgan fingerprint density at radius 3 is 2.22 bits per heavy atom. The molecular weight excluding hydrogens is 516 g/mol. The molecule has 41 heavy (non-hydrogen) atoms. The third-order valence-electron chi connectivity index (χ3n) is 6.92. The maximum Gasteiger partial charge on any atom is 0.311 e. The summed E-state index contributed by atoms with van der Waals surface area (Å²) in [5.74, 6) is 0.00858. The van der Waals surface area contributed by atoms with Gasteiger partial charge in [-0.2, -0.15) is 0 Å². The summed E-state index contributed by atoms with van der Waals surface area (Å²) < 4.78 is 11.7. The molecular formula is C34H26N2O5. The van der Waals surface area contributed by atoms with Crippen LogP contribution < -0.4 is 10.1 Å². The van der Waals surface area contributed by atoms with Gasteiger partial charge in [0.15, 0.2) is 0 Å². The Hall–Kier alpha value is -5.30. The highest BCUT2D eigenvalue weighted by atomic mass is 16.5. The molecule has 1 aliphatic rings. The molecule has 1 aliphatic heterocycles. The molecule has 0 bridgehead atoms. The number of aryl methyl sites for hydroxylation is 1. The van der Waals surface area contributed by atoms with Crippen LogP contribution in [0.25, 0.3) is 22.3 Å². The van der Waals surface area contributed by atoms with Crippen LogP contribution in [0.5, 0.6) is 5.75 Å². The summed E-state index contributed by atoms with van der Waals surface area (Å²) in [4.78, 5) is 43.5. The standard InChI is InChI=1S/C34H26N2O5/c1-22-13-18-30-28(20-22)29(21-31(41-30)23-8-3-2-4-9-23)35-24-14-16-25(17-15-24)40-32(37)12-7-19-36-33(38)26-10-5-6-11-27(26)34(36)39/h2-6,8-11,13-18,20-21H,7,12,19H2,1H3. The molecule has 5 aromatic rings. The first-order valence-corrected chi connectivity index (χ1v) is 13.4. The predicted octanol–water partition coefficient (Wildman–Crippen LogP) is 6.62. The van der Waals surface area contributed by atoms with E-state index in [4.69, 9.17) is 14.1 Å². The Labute approximate surface area is 236 Å². The lowest BCUT2D eigenvalue weighted by Gasteiger charge is -2.13. The summed E-state index contributed by atoms with van der Waals surface area (Å²) in [6.45, 7) is 2.18. The van der Waals surface area contributed by atoms with E-state index in [2.05, 4.69) is 0 Å². The van der Waals surface area contributed by atoms with Crippen molar-refractivity contribution in [3.05, 3.63) is 125 Å². The van der Waals surface area contributed by atoms with Gasteiger partial charge in [0.1, 0.15) is 17.1 Å². The predicted molar refractivity (Wildman–Crippen MR) is 155 cm³/mol. The molecule has 0 unspecified atom stereocenters. The van der Waals surface area contributed by atoms with Crippen molar-refractivity contribution in [1.29, 1.82) is 0 Å². The molecule has 2 heterocycles. The fourth-order valence-corrected chi connectivity index (χ4v) is 4.85. The molecule has 7 heteroatoms. The van der Waals surface area contributed by atoms with Gasteiger partial charge in [0.25, 0.3) is 11.8 Å². The Bertz CT molecular complexity index is 1820. The fourth-order valence-electron chi connectivity index (χ4n) is 4.85. The molecule has 2 amide bonds. The number of imide groups is 1. The Morgan fingerprint density at radius 1 is 0.829 bits per heavy atom. The fraction of sp³-hybridized carbons (Fsp3) is 0.118.